The quantitative estimate of drug-likeness (QED) is 0.729. The monoisotopic (exact) mass is 352 g/mol. The molecular formula is C20H20N2O4. The van der Waals surface area contributed by atoms with Gasteiger partial charge in [-0.1, -0.05) is 17.3 Å². The van der Waals surface area contributed by atoms with Crippen molar-refractivity contribution in [1.29, 1.82) is 0 Å². The van der Waals surface area contributed by atoms with Gasteiger partial charge in [-0.3, -0.25) is 4.79 Å². The van der Waals surface area contributed by atoms with Crippen LogP contribution in [0.3, 0.4) is 0 Å². The van der Waals surface area contributed by atoms with E-state index in [4.69, 9.17) is 14.0 Å². The van der Waals surface area contributed by atoms with Crippen molar-refractivity contribution in [3.05, 3.63) is 59.8 Å². The van der Waals surface area contributed by atoms with Crippen molar-refractivity contribution in [2.24, 2.45) is 0 Å². The van der Waals surface area contributed by atoms with E-state index in [1.165, 1.54) is 0 Å². The maximum atomic E-state index is 12.2. The van der Waals surface area contributed by atoms with Gasteiger partial charge in [-0.05, 0) is 42.8 Å². The van der Waals surface area contributed by atoms with E-state index in [0.29, 0.717) is 23.0 Å². The lowest BCUT2D eigenvalue weighted by Gasteiger charge is -2.07. The SMILES string of the molecule is COc1ccc(-c2cc(CC(=O)Nc3cccc(C)c3)no2)cc1OC. The second-order valence-corrected chi connectivity index (χ2v) is 5.85. The summed E-state index contributed by atoms with van der Waals surface area (Å²) in [4.78, 5) is 12.2. The van der Waals surface area contributed by atoms with Gasteiger partial charge in [-0.2, -0.15) is 0 Å². The Morgan fingerprint density at radius 3 is 2.62 bits per heavy atom. The zero-order valence-electron chi connectivity index (χ0n) is 14.9. The zero-order valence-corrected chi connectivity index (χ0v) is 14.9. The lowest BCUT2D eigenvalue weighted by atomic mass is 10.1. The molecule has 0 aliphatic heterocycles. The van der Waals surface area contributed by atoms with Gasteiger partial charge in [0.2, 0.25) is 5.91 Å². The highest BCUT2D eigenvalue weighted by molar-refractivity contribution is 5.92. The van der Waals surface area contributed by atoms with Gasteiger partial charge in [0.1, 0.15) is 0 Å². The Labute approximate surface area is 151 Å². The molecule has 0 spiro atoms. The Hall–Kier alpha value is -3.28. The van der Waals surface area contributed by atoms with Gasteiger partial charge in [0.05, 0.1) is 26.3 Å². The first kappa shape index (κ1) is 17.5. The Balaban J connectivity index is 1.70. The van der Waals surface area contributed by atoms with Crippen LogP contribution in [0.1, 0.15) is 11.3 Å². The first-order valence-corrected chi connectivity index (χ1v) is 8.13. The van der Waals surface area contributed by atoms with Crippen molar-refractivity contribution in [2.45, 2.75) is 13.3 Å². The average Bonchev–Trinajstić information content (AvgIpc) is 3.09. The molecule has 0 fully saturated rings. The fraction of sp³-hybridized carbons (Fsp3) is 0.200. The summed E-state index contributed by atoms with van der Waals surface area (Å²) < 4.78 is 15.9. The van der Waals surface area contributed by atoms with Gasteiger partial charge in [0.15, 0.2) is 17.3 Å². The van der Waals surface area contributed by atoms with Crippen LogP contribution >= 0.6 is 0 Å². The number of carbonyl (C=O) groups is 1. The Bertz CT molecular complexity index is 918. The van der Waals surface area contributed by atoms with Gasteiger partial charge in [0, 0.05) is 17.3 Å². The van der Waals surface area contributed by atoms with Crippen LogP contribution in [0.4, 0.5) is 5.69 Å². The summed E-state index contributed by atoms with van der Waals surface area (Å²) in [6, 6.07) is 14.8. The summed E-state index contributed by atoms with van der Waals surface area (Å²) in [7, 11) is 3.15. The first-order valence-electron chi connectivity index (χ1n) is 8.13. The topological polar surface area (TPSA) is 73.6 Å². The number of hydrogen-bond donors (Lipinski definition) is 1. The molecule has 1 amide bonds. The van der Waals surface area contributed by atoms with Crippen LogP contribution in [-0.4, -0.2) is 25.3 Å². The van der Waals surface area contributed by atoms with Crippen LogP contribution in [-0.2, 0) is 11.2 Å². The van der Waals surface area contributed by atoms with E-state index in [0.717, 1.165) is 16.8 Å². The lowest BCUT2D eigenvalue weighted by molar-refractivity contribution is -0.115. The molecule has 134 valence electrons. The fourth-order valence-electron chi connectivity index (χ4n) is 2.61. The maximum Gasteiger partial charge on any atom is 0.230 e. The molecule has 3 rings (SSSR count). The van der Waals surface area contributed by atoms with Crippen LogP contribution < -0.4 is 14.8 Å². The number of aryl methyl sites for hydroxylation is 1. The maximum absolute atomic E-state index is 12.2. The Morgan fingerprint density at radius 1 is 1.08 bits per heavy atom. The average molecular weight is 352 g/mol. The van der Waals surface area contributed by atoms with E-state index in [1.54, 1.807) is 32.4 Å². The standard InChI is InChI=1S/C20H20N2O4/c1-13-5-4-6-15(9-13)21-20(23)12-16-11-18(26-22-16)14-7-8-17(24-2)19(10-14)25-3/h4-11H,12H2,1-3H3,(H,21,23). The molecule has 1 heterocycles. The lowest BCUT2D eigenvalue weighted by Crippen LogP contribution is -2.14. The molecule has 2 aromatic carbocycles. The molecule has 0 radical (unpaired) electrons. The zero-order chi connectivity index (χ0) is 18.5. The number of aromatic nitrogens is 1. The number of ether oxygens (including phenoxy) is 2. The largest absolute Gasteiger partial charge is 0.493 e. The molecule has 26 heavy (non-hydrogen) atoms. The van der Waals surface area contributed by atoms with Crippen molar-refractivity contribution in [1.82, 2.24) is 5.16 Å². The van der Waals surface area contributed by atoms with Crippen LogP contribution in [0, 0.1) is 6.92 Å². The smallest absolute Gasteiger partial charge is 0.230 e. The molecule has 0 unspecified atom stereocenters. The van der Waals surface area contributed by atoms with Crippen molar-refractivity contribution in [2.75, 3.05) is 19.5 Å². The highest BCUT2D eigenvalue weighted by Gasteiger charge is 2.13. The number of rotatable bonds is 6. The van der Waals surface area contributed by atoms with Gasteiger partial charge in [0.25, 0.3) is 0 Å². The molecule has 6 nitrogen and oxygen atoms in total. The number of anilines is 1. The summed E-state index contributed by atoms with van der Waals surface area (Å²) in [6.07, 6.45) is 0.130. The number of hydrogen-bond acceptors (Lipinski definition) is 5. The minimum absolute atomic E-state index is 0.130. The number of amides is 1. The van der Waals surface area contributed by atoms with E-state index in [-0.39, 0.29) is 12.3 Å². The predicted molar refractivity (Wildman–Crippen MR) is 98.6 cm³/mol. The molecule has 0 saturated heterocycles. The summed E-state index contributed by atoms with van der Waals surface area (Å²) in [5.41, 5.74) is 3.19. The number of methoxy groups -OCH3 is 2. The molecule has 1 N–H and O–H groups in total. The molecule has 3 aromatic rings. The molecule has 0 aliphatic rings. The molecule has 0 atom stereocenters. The van der Waals surface area contributed by atoms with E-state index in [1.807, 2.05) is 37.3 Å². The van der Waals surface area contributed by atoms with Gasteiger partial charge in [-0.15, -0.1) is 0 Å². The number of benzene rings is 2. The minimum atomic E-state index is -0.150. The number of nitrogens with zero attached hydrogens (tertiary/aromatic N) is 1. The molecule has 6 heteroatoms. The van der Waals surface area contributed by atoms with Crippen molar-refractivity contribution in [3.8, 4) is 22.8 Å². The van der Waals surface area contributed by atoms with Gasteiger partial charge < -0.3 is 19.3 Å². The Kier molecular flexibility index (Phi) is 5.22. The normalized spacial score (nSPS) is 10.4. The molecule has 0 saturated carbocycles. The second kappa shape index (κ2) is 7.74. The first-order chi connectivity index (χ1) is 12.6. The van der Waals surface area contributed by atoms with E-state index in [9.17, 15) is 4.79 Å². The number of nitrogens with one attached hydrogen (secondary N) is 1. The fourth-order valence-corrected chi connectivity index (χ4v) is 2.61. The molecule has 1 aromatic heterocycles. The van der Waals surface area contributed by atoms with Crippen molar-refractivity contribution < 1.29 is 18.8 Å². The summed E-state index contributed by atoms with van der Waals surface area (Å²) >= 11 is 0. The molecule has 0 bridgehead atoms. The highest BCUT2D eigenvalue weighted by atomic mass is 16.5. The summed E-state index contributed by atoms with van der Waals surface area (Å²) in [6.45, 7) is 1.97. The van der Waals surface area contributed by atoms with E-state index < -0.39 is 0 Å². The third-order valence-electron chi connectivity index (χ3n) is 3.87. The van der Waals surface area contributed by atoms with Crippen molar-refractivity contribution >= 4 is 11.6 Å². The van der Waals surface area contributed by atoms with Crippen LogP contribution in [0.2, 0.25) is 0 Å². The van der Waals surface area contributed by atoms with Gasteiger partial charge in [-0.25, -0.2) is 0 Å². The second-order valence-electron chi connectivity index (χ2n) is 5.85. The summed E-state index contributed by atoms with van der Waals surface area (Å²) in [5, 5.41) is 6.84. The molecular weight excluding hydrogens is 332 g/mol. The number of carbonyl (C=O) groups excluding carboxylic acids is 1. The van der Waals surface area contributed by atoms with E-state index in [2.05, 4.69) is 10.5 Å². The third kappa shape index (κ3) is 4.03. The molecule has 0 aliphatic carbocycles. The minimum Gasteiger partial charge on any atom is -0.493 e. The van der Waals surface area contributed by atoms with Crippen LogP contribution in [0.5, 0.6) is 11.5 Å². The van der Waals surface area contributed by atoms with Crippen LogP contribution in [0.25, 0.3) is 11.3 Å². The predicted octanol–water partition coefficient (Wildman–Crippen LogP) is 3.85. The van der Waals surface area contributed by atoms with E-state index >= 15 is 0 Å². The Morgan fingerprint density at radius 2 is 1.88 bits per heavy atom. The third-order valence-corrected chi connectivity index (χ3v) is 3.87. The van der Waals surface area contributed by atoms with Crippen LogP contribution in [0.15, 0.2) is 53.1 Å². The van der Waals surface area contributed by atoms with Crippen molar-refractivity contribution in [3.63, 3.8) is 0 Å². The summed E-state index contributed by atoms with van der Waals surface area (Å²) in [5.74, 6) is 1.64. The highest BCUT2D eigenvalue weighted by Crippen LogP contribution is 2.32. The van der Waals surface area contributed by atoms with Gasteiger partial charge >= 0.3 is 0 Å².